The summed E-state index contributed by atoms with van der Waals surface area (Å²) in [5.41, 5.74) is 2.22. The fourth-order valence-electron chi connectivity index (χ4n) is 2.99. The van der Waals surface area contributed by atoms with E-state index < -0.39 is 12.2 Å². The van der Waals surface area contributed by atoms with Gasteiger partial charge in [-0.1, -0.05) is 24.3 Å². The summed E-state index contributed by atoms with van der Waals surface area (Å²) in [6, 6.07) is 0.251. The van der Waals surface area contributed by atoms with Gasteiger partial charge in [-0.3, -0.25) is 0 Å². The topological polar surface area (TPSA) is 52.5 Å². The number of rotatable bonds is 0. The number of hydrogen-bond acceptors (Lipinski definition) is 3. The van der Waals surface area contributed by atoms with E-state index in [0.29, 0.717) is 12.3 Å². The van der Waals surface area contributed by atoms with Gasteiger partial charge in [-0.05, 0) is 24.0 Å². The monoisotopic (exact) mass is 219 g/mol. The van der Waals surface area contributed by atoms with E-state index in [1.165, 1.54) is 5.57 Å². The van der Waals surface area contributed by atoms with E-state index in [4.69, 9.17) is 0 Å². The van der Waals surface area contributed by atoms with E-state index in [2.05, 4.69) is 17.5 Å². The van der Waals surface area contributed by atoms with Gasteiger partial charge < -0.3 is 15.5 Å². The summed E-state index contributed by atoms with van der Waals surface area (Å²) in [6.45, 7) is 0.938. The lowest BCUT2D eigenvalue weighted by molar-refractivity contribution is 0.0125. The largest absolute Gasteiger partial charge is 0.390 e. The molecule has 3 nitrogen and oxygen atoms in total. The van der Waals surface area contributed by atoms with E-state index >= 15 is 0 Å². The van der Waals surface area contributed by atoms with Gasteiger partial charge >= 0.3 is 0 Å². The average Bonchev–Trinajstić information content (AvgIpc) is 2.33. The van der Waals surface area contributed by atoms with Crippen LogP contribution in [0.25, 0.3) is 0 Å². The zero-order chi connectivity index (χ0) is 11.1. The van der Waals surface area contributed by atoms with Crippen molar-refractivity contribution in [2.45, 2.75) is 31.1 Å². The Hall–Kier alpha value is -0.900. The molecule has 1 heterocycles. The van der Waals surface area contributed by atoms with Crippen molar-refractivity contribution >= 4 is 0 Å². The highest BCUT2D eigenvalue weighted by Crippen LogP contribution is 2.35. The molecule has 4 atom stereocenters. The van der Waals surface area contributed by atoms with Crippen LogP contribution in [-0.4, -0.2) is 35.0 Å². The van der Waals surface area contributed by atoms with Gasteiger partial charge in [0.2, 0.25) is 0 Å². The number of aliphatic hydroxyl groups excluding tert-OH is 2. The summed E-state index contributed by atoms with van der Waals surface area (Å²) in [5.74, 6) is 0.358. The molecule has 86 valence electrons. The van der Waals surface area contributed by atoms with Gasteiger partial charge in [0.05, 0.1) is 6.10 Å². The van der Waals surface area contributed by atoms with Crippen LogP contribution in [0.15, 0.2) is 35.5 Å². The van der Waals surface area contributed by atoms with Crippen LogP contribution in [0.4, 0.5) is 0 Å². The van der Waals surface area contributed by atoms with Crippen LogP contribution in [0.2, 0.25) is 0 Å². The molecule has 3 aliphatic rings. The normalized spacial score (nSPS) is 41.9. The summed E-state index contributed by atoms with van der Waals surface area (Å²) in [6.07, 6.45) is 8.59. The molecule has 16 heavy (non-hydrogen) atoms. The van der Waals surface area contributed by atoms with Crippen LogP contribution < -0.4 is 5.32 Å². The SMILES string of the molecule is OC1CCC2NCC3C=CC=CC3=C2C1O. The summed E-state index contributed by atoms with van der Waals surface area (Å²) < 4.78 is 0. The molecule has 3 N–H and O–H groups in total. The molecule has 3 heteroatoms. The minimum atomic E-state index is -0.694. The van der Waals surface area contributed by atoms with Crippen molar-refractivity contribution in [3.8, 4) is 0 Å². The van der Waals surface area contributed by atoms with E-state index in [9.17, 15) is 10.2 Å². The Morgan fingerprint density at radius 3 is 2.94 bits per heavy atom. The standard InChI is InChI=1S/C13H17NO2/c15-11-6-5-10-12(13(11)16)9-4-2-1-3-8(9)7-14-10/h1-4,8,10-11,13-16H,5-7H2. The maximum atomic E-state index is 10.1. The Morgan fingerprint density at radius 2 is 2.06 bits per heavy atom. The molecule has 0 aromatic heterocycles. The third-order valence-corrected chi connectivity index (χ3v) is 3.86. The molecule has 1 saturated carbocycles. The molecule has 0 amide bonds. The first-order chi connectivity index (χ1) is 7.77. The van der Waals surface area contributed by atoms with Crippen molar-refractivity contribution in [1.82, 2.24) is 5.32 Å². The van der Waals surface area contributed by atoms with E-state index in [0.717, 1.165) is 18.5 Å². The zero-order valence-electron chi connectivity index (χ0n) is 9.13. The van der Waals surface area contributed by atoms with Crippen LogP contribution in [0.5, 0.6) is 0 Å². The first-order valence-corrected chi connectivity index (χ1v) is 5.95. The first kappa shape index (κ1) is 10.3. The summed E-state index contributed by atoms with van der Waals surface area (Å²) in [7, 11) is 0. The lowest BCUT2D eigenvalue weighted by Gasteiger charge is -2.41. The lowest BCUT2D eigenvalue weighted by atomic mass is 9.75. The maximum Gasteiger partial charge on any atom is 0.103 e. The number of allylic oxidation sites excluding steroid dienone is 3. The van der Waals surface area contributed by atoms with Crippen molar-refractivity contribution < 1.29 is 10.2 Å². The van der Waals surface area contributed by atoms with Crippen molar-refractivity contribution in [3.05, 3.63) is 35.5 Å². The minimum Gasteiger partial charge on any atom is -0.390 e. The Bertz CT molecular complexity index is 383. The van der Waals surface area contributed by atoms with E-state index in [-0.39, 0.29) is 6.04 Å². The Balaban J connectivity index is 2.04. The molecule has 1 fully saturated rings. The summed E-state index contributed by atoms with van der Waals surface area (Å²) >= 11 is 0. The van der Waals surface area contributed by atoms with Crippen molar-refractivity contribution in [2.75, 3.05) is 6.54 Å². The smallest absolute Gasteiger partial charge is 0.103 e. The van der Waals surface area contributed by atoms with Crippen molar-refractivity contribution in [1.29, 1.82) is 0 Å². The molecular formula is C13H17NO2. The predicted molar refractivity (Wildman–Crippen MR) is 61.8 cm³/mol. The van der Waals surface area contributed by atoms with Gasteiger partial charge in [-0.15, -0.1) is 0 Å². The highest BCUT2D eigenvalue weighted by atomic mass is 16.3. The summed E-state index contributed by atoms with van der Waals surface area (Å²) in [5, 5.41) is 23.3. The van der Waals surface area contributed by atoms with E-state index in [1.807, 2.05) is 12.2 Å². The maximum absolute atomic E-state index is 10.1. The van der Waals surface area contributed by atoms with Crippen LogP contribution in [0.3, 0.4) is 0 Å². The molecule has 0 bridgehead atoms. The summed E-state index contributed by atoms with van der Waals surface area (Å²) in [4.78, 5) is 0. The molecular weight excluding hydrogens is 202 g/mol. The molecule has 0 saturated heterocycles. The van der Waals surface area contributed by atoms with Crippen LogP contribution in [0.1, 0.15) is 12.8 Å². The molecule has 2 aliphatic carbocycles. The number of hydrogen-bond donors (Lipinski definition) is 3. The third-order valence-electron chi connectivity index (χ3n) is 3.86. The van der Waals surface area contributed by atoms with Crippen LogP contribution in [0, 0.1) is 5.92 Å². The Morgan fingerprint density at radius 1 is 1.19 bits per heavy atom. The highest BCUT2D eigenvalue weighted by Gasteiger charge is 2.38. The van der Waals surface area contributed by atoms with Crippen LogP contribution >= 0.6 is 0 Å². The number of aliphatic hydroxyl groups is 2. The number of fused-ring (bicyclic) bond motifs is 2. The predicted octanol–water partition coefficient (Wildman–Crippen LogP) is 0.513. The van der Waals surface area contributed by atoms with Gasteiger partial charge in [0.1, 0.15) is 6.10 Å². The highest BCUT2D eigenvalue weighted by molar-refractivity contribution is 5.43. The molecule has 0 aromatic rings. The van der Waals surface area contributed by atoms with Gasteiger partial charge in [0, 0.05) is 18.5 Å². The van der Waals surface area contributed by atoms with E-state index in [1.54, 1.807) is 0 Å². The average molecular weight is 219 g/mol. The van der Waals surface area contributed by atoms with Gasteiger partial charge in [-0.2, -0.15) is 0 Å². The molecule has 4 unspecified atom stereocenters. The third kappa shape index (κ3) is 1.47. The fraction of sp³-hybridized carbons (Fsp3) is 0.538. The molecule has 0 radical (unpaired) electrons. The van der Waals surface area contributed by atoms with Crippen molar-refractivity contribution in [3.63, 3.8) is 0 Å². The van der Waals surface area contributed by atoms with Gasteiger partial charge in [0.25, 0.3) is 0 Å². The van der Waals surface area contributed by atoms with Gasteiger partial charge in [-0.25, -0.2) is 0 Å². The second-order valence-electron chi connectivity index (χ2n) is 4.81. The second kappa shape index (κ2) is 3.84. The fourth-order valence-corrected chi connectivity index (χ4v) is 2.99. The molecule has 0 spiro atoms. The Labute approximate surface area is 95.2 Å². The lowest BCUT2D eigenvalue weighted by Crippen LogP contribution is -2.50. The second-order valence-corrected chi connectivity index (χ2v) is 4.81. The molecule has 1 aliphatic heterocycles. The minimum absolute atomic E-state index is 0.251. The molecule has 3 rings (SSSR count). The van der Waals surface area contributed by atoms with Crippen molar-refractivity contribution in [2.24, 2.45) is 5.92 Å². The quantitative estimate of drug-likeness (QED) is 0.556. The van der Waals surface area contributed by atoms with Crippen LogP contribution in [-0.2, 0) is 0 Å². The van der Waals surface area contributed by atoms with Gasteiger partial charge in [0.15, 0.2) is 0 Å². The zero-order valence-corrected chi connectivity index (χ0v) is 9.13. The Kier molecular flexibility index (Phi) is 2.46. The number of nitrogens with one attached hydrogen (secondary N) is 1. The molecule has 0 aromatic carbocycles. The first-order valence-electron chi connectivity index (χ1n) is 5.95.